The number of hydrogen-bond donors (Lipinski definition) is 0. The van der Waals surface area contributed by atoms with Crippen LogP contribution in [0.3, 0.4) is 0 Å². The minimum absolute atomic E-state index is 0.105. The molecule has 22 heavy (non-hydrogen) atoms. The monoisotopic (exact) mass is 331 g/mol. The normalized spacial score (nSPS) is 16.9. The van der Waals surface area contributed by atoms with Crippen molar-refractivity contribution in [3.63, 3.8) is 0 Å². The lowest BCUT2D eigenvalue weighted by Crippen LogP contribution is -2.34. The van der Waals surface area contributed by atoms with E-state index in [1.165, 1.54) is 12.1 Å². The highest BCUT2D eigenvalue weighted by Crippen LogP contribution is 2.35. The number of fused-ring (bicyclic) bond motifs is 1. The van der Waals surface area contributed by atoms with Gasteiger partial charge in [-0.3, -0.25) is 9.69 Å². The number of ketones is 1. The van der Waals surface area contributed by atoms with Crippen LogP contribution < -0.4 is 4.90 Å². The number of Topliss-reactive ketones (excluding diaryl/α,β-unsaturated/α-hetero) is 1. The number of carbonyl (C=O) groups is 2. The molecule has 120 valence electrons. The molecule has 0 aliphatic carbocycles. The second-order valence-corrected chi connectivity index (χ2v) is 5.50. The zero-order valence-corrected chi connectivity index (χ0v) is 12.8. The van der Waals surface area contributed by atoms with Crippen molar-refractivity contribution >= 4 is 29.2 Å². The van der Waals surface area contributed by atoms with Gasteiger partial charge in [-0.15, -0.1) is 0 Å². The molecular weight excluding hydrogens is 316 g/mol. The van der Waals surface area contributed by atoms with Crippen LogP contribution in [0.15, 0.2) is 18.2 Å². The van der Waals surface area contributed by atoms with Crippen LogP contribution >= 0.6 is 11.6 Å². The fraction of sp³-hybridized carbons (Fsp3) is 0.467. The van der Waals surface area contributed by atoms with Crippen LogP contribution in [0.5, 0.6) is 0 Å². The molecule has 1 amide bonds. The maximum atomic E-state index is 13.8. The van der Waals surface area contributed by atoms with Gasteiger partial charge in [0.1, 0.15) is 0 Å². The summed E-state index contributed by atoms with van der Waals surface area (Å²) in [6, 6.07) is 3.99. The van der Waals surface area contributed by atoms with Gasteiger partial charge in [-0.2, -0.15) is 8.78 Å². The van der Waals surface area contributed by atoms with Crippen molar-refractivity contribution in [1.29, 1.82) is 0 Å². The highest BCUT2D eigenvalue weighted by molar-refractivity contribution is 6.31. The first-order valence-corrected chi connectivity index (χ1v) is 7.41. The largest absolute Gasteiger partial charge is 0.449 e. The third kappa shape index (κ3) is 3.38. The Labute approximate surface area is 132 Å². The maximum Gasteiger partial charge on any atom is 0.414 e. The molecule has 2 rings (SSSR count). The van der Waals surface area contributed by atoms with Gasteiger partial charge in [0.2, 0.25) is 5.78 Å². The van der Waals surface area contributed by atoms with Crippen LogP contribution in [0.4, 0.5) is 19.3 Å². The van der Waals surface area contributed by atoms with Gasteiger partial charge < -0.3 is 4.74 Å². The second kappa shape index (κ2) is 6.60. The molecule has 0 bridgehead atoms. The lowest BCUT2D eigenvalue weighted by molar-refractivity contribution is 0.00742. The molecule has 4 nitrogen and oxygen atoms in total. The Hall–Kier alpha value is -1.69. The van der Waals surface area contributed by atoms with Gasteiger partial charge in [0, 0.05) is 23.6 Å². The summed E-state index contributed by atoms with van der Waals surface area (Å²) >= 11 is 5.79. The number of hydrogen-bond acceptors (Lipinski definition) is 3. The standard InChI is InChI=1S/C15H16ClF2NO3/c1-2-3-8-22-14(21)19-7-6-15(17,18)13(20)11-9-10(16)4-5-12(11)19/h4-5,9H,2-3,6-8H2,1H3. The Morgan fingerprint density at radius 2 is 2.18 bits per heavy atom. The molecule has 1 aromatic rings. The molecule has 0 fully saturated rings. The molecule has 1 aromatic carbocycles. The lowest BCUT2D eigenvalue weighted by atomic mass is 10.0. The van der Waals surface area contributed by atoms with Crippen LogP contribution in [-0.4, -0.2) is 31.0 Å². The highest BCUT2D eigenvalue weighted by atomic mass is 35.5. The first-order chi connectivity index (χ1) is 10.4. The van der Waals surface area contributed by atoms with Gasteiger partial charge >= 0.3 is 12.0 Å². The van der Waals surface area contributed by atoms with E-state index < -0.39 is 24.2 Å². The number of unbranched alkanes of at least 4 members (excludes halogenated alkanes) is 1. The minimum atomic E-state index is -3.53. The fourth-order valence-corrected chi connectivity index (χ4v) is 2.35. The topological polar surface area (TPSA) is 46.6 Å². The first-order valence-electron chi connectivity index (χ1n) is 7.03. The Bertz CT molecular complexity index is 592. The quantitative estimate of drug-likeness (QED) is 0.776. The van der Waals surface area contributed by atoms with Gasteiger partial charge in [0.15, 0.2) is 0 Å². The number of ether oxygens (including phenoxy) is 1. The van der Waals surface area contributed by atoms with Gasteiger partial charge in [-0.05, 0) is 24.6 Å². The third-order valence-electron chi connectivity index (χ3n) is 3.42. The molecule has 0 atom stereocenters. The number of halogens is 3. The summed E-state index contributed by atoms with van der Waals surface area (Å²) in [7, 11) is 0. The molecule has 0 saturated carbocycles. The van der Waals surface area contributed by atoms with Gasteiger partial charge in [0.25, 0.3) is 0 Å². The number of benzene rings is 1. The van der Waals surface area contributed by atoms with Crippen molar-refractivity contribution in [2.75, 3.05) is 18.1 Å². The van der Waals surface area contributed by atoms with Crippen molar-refractivity contribution < 1.29 is 23.1 Å². The average Bonchev–Trinajstić information content (AvgIpc) is 2.56. The summed E-state index contributed by atoms with van der Waals surface area (Å²) in [4.78, 5) is 25.1. The number of amides is 1. The van der Waals surface area contributed by atoms with Gasteiger partial charge in [-0.1, -0.05) is 24.9 Å². The van der Waals surface area contributed by atoms with E-state index in [0.717, 1.165) is 17.4 Å². The highest BCUT2D eigenvalue weighted by Gasteiger charge is 2.44. The van der Waals surface area contributed by atoms with Crippen LogP contribution in [0.1, 0.15) is 36.5 Å². The number of carbonyl (C=O) groups excluding carboxylic acids is 2. The second-order valence-electron chi connectivity index (χ2n) is 5.06. The molecule has 0 aromatic heterocycles. The van der Waals surface area contributed by atoms with E-state index in [2.05, 4.69) is 0 Å². The molecule has 0 spiro atoms. The van der Waals surface area contributed by atoms with Crippen LogP contribution in [-0.2, 0) is 4.74 Å². The Kier molecular flexibility index (Phi) is 5.01. The molecule has 1 heterocycles. The van der Waals surface area contributed by atoms with Crippen LogP contribution in [0.25, 0.3) is 0 Å². The zero-order chi connectivity index (χ0) is 16.3. The van der Waals surface area contributed by atoms with E-state index in [9.17, 15) is 18.4 Å². The van der Waals surface area contributed by atoms with Crippen molar-refractivity contribution in [3.05, 3.63) is 28.8 Å². The Balaban J connectivity index is 2.35. The summed E-state index contributed by atoms with van der Waals surface area (Å²) in [6.45, 7) is 1.85. The van der Waals surface area contributed by atoms with E-state index in [0.29, 0.717) is 6.42 Å². The average molecular weight is 332 g/mol. The van der Waals surface area contributed by atoms with Crippen molar-refractivity contribution in [2.45, 2.75) is 32.1 Å². The smallest absolute Gasteiger partial charge is 0.414 e. The summed E-state index contributed by atoms with van der Waals surface area (Å²) in [5.41, 5.74) is -0.157. The first kappa shape index (κ1) is 16.7. The maximum absolute atomic E-state index is 13.8. The molecule has 1 aliphatic heterocycles. The molecular formula is C15H16ClF2NO3. The minimum Gasteiger partial charge on any atom is -0.449 e. The Morgan fingerprint density at radius 1 is 1.45 bits per heavy atom. The van der Waals surface area contributed by atoms with Crippen molar-refractivity contribution in [1.82, 2.24) is 0 Å². The molecule has 0 radical (unpaired) electrons. The summed E-state index contributed by atoms with van der Waals surface area (Å²) in [6.07, 6.45) is 0.0432. The fourth-order valence-electron chi connectivity index (χ4n) is 2.18. The zero-order valence-electron chi connectivity index (χ0n) is 12.1. The summed E-state index contributed by atoms with van der Waals surface area (Å²) in [5, 5.41) is 0.157. The van der Waals surface area contributed by atoms with Crippen LogP contribution in [0, 0.1) is 0 Å². The summed E-state index contributed by atoms with van der Waals surface area (Å²) < 4.78 is 32.7. The predicted molar refractivity (Wildman–Crippen MR) is 78.9 cm³/mol. The number of alkyl halides is 2. The molecule has 7 heteroatoms. The predicted octanol–water partition coefficient (Wildman–Crippen LogP) is 4.30. The van der Waals surface area contributed by atoms with E-state index in [1.54, 1.807) is 0 Å². The number of rotatable bonds is 3. The van der Waals surface area contributed by atoms with Crippen molar-refractivity contribution in [3.8, 4) is 0 Å². The van der Waals surface area contributed by atoms with Crippen LogP contribution in [0.2, 0.25) is 5.02 Å². The molecule has 1 aliphatic rings. The molecule has 0 N–H and O–H groups in total. The number of nitrogens with zero attached hydrogens (tertiary/aromatic N) is 1. The van der Waals surface area contributed by atoms with Crippen molar-refractivity contribution in [2.24, 2.45) is 0 Å². The summed E-state index contributed by atoms with van der Waals surface area (Å²) in [5.74, 6) is -4.86. The van der Waals surface area contributed by atoms with E-state index in [-0.39, 0.29) is 29.4 Å². The molecule has 0 unspecified atom stereocenters. The SMILES string of the molecule is CCCCOC(=O)N1CCC(F)(F)C(=O)c2cc(Cl)ccc21. The van der Waals surface area contributed by atoms with Gasteiger partial charge in [0.05, 0.1) is 12.3 Å². The Morgan fingerprint density at radius 3 is 2.86 bits per heavy atom. The van der Waals surface area contributed by atoms with E-state index in [1.807, 2.05) is 6.92 Å². The van der Waals surface area contributed by atoms with E-state index >= 15 is 0 Å². The third-order valence-corrected chi connectivity index (χ3v) is 3.65. The number of anilines is 1. The molecule has 0 saturated heterocycles. The lowest BCUT2D eigenvalue weighted by Gasteiger charge is -2.21. The van der Waals surface area contributed by atoms with Gasteiger partial charge in [-0.25, -0.2) is 4.79 Å². The van der Waals surface area contributed by atoms with E-state index in [4.69, 9.17) is 16.3 Å².